The molecule has 5 rings (SSSR count). The van der Waals surface area contributed by atoms with Crippen molar-refractivity contribution in [1.29, 1.82) is 0 Å². The molecule has 2 aliphatic carbocycles. The first-order chi connectivity index (χ1) is 14.4. The summed E-state index contributed by atoms with van der Waals surface area (Å²) in [6.45, 7) is 9.26. The highest BCUT2D eigenvalue weighted by atomic mass is 15.4. The highest BCUT2D eigenvalue weighted by Gasteiger charge is 2.40. The van der Waals surface area contributed by atoms with Gasteiger partial charge in [-0.25, -0.2) is 5.43 Å². The Morgan fingerprint density at radius 2 is 2.13 bits per heavy atom. The van der Waals surface area contributed by atoms with Crippen molar-refractivity contribution in [3.8, 4) is 0 Å². The second-order valence-corrected chi connectivity index (χ2v) is 9.78. The highest BCUT2D eigenvalue weighted by Crippen LogP contribution is 2.50. The number of fused-ring (bicyclic) bond motifs is 4. The standard InChI is InChI=1S/C24H30N6/c1-14-7-5-9-18-20(14)26-22-21(18)28-30-23(27-22)29-25-13-17-12-19-16(11-15(17)2)8-6-10-24(19,3)4/h5,7-9,13,15,17,19H,6,10-12H2,1-4H3,(H2,26,27,29,30)/b25-13-/t15-,17+,19+/m1/s1. The summed E-state index contributed by atoms with van der Waals surface area (Å²) in [5, 5.41) is 14.2. The molecule has 0 amide bonds. The van der Waals surface area contributed by atoms with Gasteiger partial charge in [0.1, 0.15) is 5.52 Å². The van der Waals surface area contributed by atoms with E-state index in [0.717, 1.165) is 22.1 Å². The van der Waals surface area contributed by atoms with Crippen LogP contribution in [0.2, 0.25) is 0 Å². The molecular formula is C24H30N6. The van der Waals surface area contributed by atoms with Gasteiger partial charge in [0.2, 0.25) is 0 Å². The summed E-state index contributed by atoms with van der Waals surface area (Å²) >= 11 is 0. The molecule has 1 fully saturated rings. The van der Waals surface area contributed by atoms with Crippen LogP contribution in [0.3, 0.4) is 0 Å². The van der Waals surface area contributed by atoms with Crippen molar-refractivity contribution >= 4 is 34.2 Å². The van der Waals surface area contributed by atoms with E-state index in [9.17, 15) is 0 Å². The third-order valence-electron chi connectivity index (χ3n) is 7.27. The summed E-state index contributed by atoms with van der Waals surface area (Å²) in [6.07, 6.45) is 9.42. The molecule has 156 valence electrons. The van der Waals surface area contributed by atoms with Gasteiger partial charge in [-0.05, 0) is 61.3 Å². The fourth-order valence-corrected chi connectivity index (χ4v) is 5.36. The minimum Gasteiger partial charge on any atom is -0.337 e. The van der Waals surface area contributed by atoms with E-state index < -0.39 is 0 Å². The number of hydrogen-bond donors (Lipinski definition) is 2. The lowest BCUT2D eigenvalue weighted by Crippen LogP contribution is -2.36. The number of rotatable bonds is 3. The molecule has 2 aliphatic rings. The molecule has 2 aromatic heterocycles. The van der Waals surface area contributed by atoms with E-state index in [4.69, 9.17) is 0 Å². The summed E-state index contributed by atoms with van der Waals surface area (Å²) in [7, 11) is 0. The van der Waals surface area contributed by atoms with Gasteiger partial charge in [-0.2, -0.15) is 10.1 Å². The van der Waals surface area contributed by atoms with Crippen LogP contribution in [0.25, 0.3) is 22.1 Å². The van der Waals surface area contributed by atoms with E-state index in [1.165, 1.54) is 31.2 Å². The molecule has 0 saturated heterocycles. The van der Waals surface area contributed by atoms with Gasteiger partial charge in [0.25, 0.3) is 5.95 Å². The lowest BCUT2D eigenvalue weighted by atomic mass is 9.59. The maximum atomic E-state index is 4.58. The van der Waals surface area contributed by atoms with E-state index in [2.05, 4.69) is 76.7 Å². The van der Waals surface area contributed by atoms with Crippen LogP contribution in [0, 0.1) is 30.1 Å². The normalized spacial score (nSPS) is 26.1. The van der Waals surface area contributed by atoms with Crippen LogP contribution in [0.5, 0.6) is 0 Å². The minimum absolute atomic E-state index is 0.384. The van der Waals surface area contributed by atoms with Crippen molar-refractivity contribution in [3.05, 3.63) is 35.4 Å². The molecular weight excluding hydrogens is 372 g/mol. The SMILES string of the molecule is Cc1cccc2c1[nH]c1nc(N/N=C\[C@@H]3C[C@H]4C(=CCCC4(C)C)C[C@H]3C)nnc12. The topological polar surface area (TPSA) is 78.9 Å². The van der Waals surface area contributed by atoms with Crippen molar-refractivity contribution in [2.75, 3.05) is 5.43 Å². The molecule has 0 aliphatic heterocycles. The van der Waals surface area contributed by atoms with Gasteiger partial charge in [0, 0.05) is 11.6 Å². The fraction of sp³-hybridized carbons (Fsp3) is 0.500. The third kappa shape index (κ3) is 3.28. The number of hydrogen-bond acceptors (Lipinski definition) is 5. The van der Waals surface area contributed by atoms with Crippen LogP contribution in [-0.4, -0.2) is 26.4 Å². The zero-order valence-electron chi connectivity index (χ0n) is 18.2. The zero-order chi connectivity index (χ0) is 20.9. The molecule has 3 atom stereocenters. The quantitative estimate of drug-likeness (QED) is 0.338. The van der Waals surface area contributed by atoms with Crippen LogP contribution < -0.4 is 5.43 Å². The Morgan fingerprint density at radius 1 is 1.27 bits per heavy atom. The Hall–Kier alpha value is -2.76. The molecule has 3 aromatic rings. The molecule has 6 nitrogen and oxygen atoms in total. The Kier molecular flexibility index (Phi) is 4.60. The van der Waals surface area contributed by atoms with Crippen LogP contribution in [0.4, 0.5) is 5.95 Å². The average Bonchev–Trinajstić information content (AvgIpc) is 3.08. The number of hydrazone groups is 1. The van der Waals surface area contributed by atoms with Crippen LogP contribution in [0.15, 0.2) is 34.9 Å². The fourth-order valence-electron chi connectivity index (χ4n) is 5.36. The molecule has 6 heteroatoms. The first-order valence-corrected chi connectivity index (χ1v) is 11.0. The number of nitrogens with one attached hydrogen (secondary N) is 2. The maximum absolute atomic E-state index is 4.58. The number of aromatic nitrogens is 4. The van der Waals surface area contributed by atoms with Gasteiger partial charge in [0.15, 0.2) is 5.65 Å². The molecule has 2 heterocycles. The van der Waals surface area contributed by atoms with Crippen LogP contribution in [0.1, 0.15) is 52.0 Å². The first kappa shape index (κ1) is 19.2. The number of anilines is 1. The largest absolute Gasteiger partial charge is 0.337 e. The van der Waals surface area contributed by atoms with Crippen LogP contribution >= 0.6 is 0 Å². The summed E-state index contributed by atoms with van der Waals surface area (Å²) in [5.74, 6) is 2.15. The predicted octanol–water partition coefficient (Wildman–Crippen LogP) is 5.62. The molecule has 1 aromatic carbocycles. The molecule has 0 bridgehead atoms. The number of aromatic amines is 1. The highest BCUT2D eigenvalue weighted by molar-refractivity contribution is 6.04. The zero-order valence-corrected chi connectivity index (χ0v) is 18.2. The number of H-pyrrole nitrogens is 1. The van der Waals surface area contributed by atoms with Gasteiger partial charge in [-0.15, -0.1) is 10.2 Å². The monoisotopic (exact) mass is 402 g/mol. The Balaban J connectivity index is 1.33. The maximum Gasteiger partial charge on any atom is 0.265 e. The Bertz CT molecular complexity index is 1160. The number of nitrogens with zero attached hydrogens (tertiary/aromatic N) is 4. The van der Waals surface area contributed by atoms with Gasteiger partial charge >= 0.3 is 0 Å². The lowest BCUT2D eigenvalue weighted by Gasteiger charge is -2.46. The average molecular weight is 403 g/mol. The second-order valence-electron chi connectivity index (χ2n) is 9.78. The first-order valence-electron chi connectivity index (χ1n) is 11.0. The van der Waals surface area contributed by atoms with Gasteiger partial charge < -0.3 is 4.98 Å². The van der Waals surface area contributed by atoms with Crippen molar-refractivity contribution < 1.29 is 0 Å². The summed E-state index contributed by atoms with van der Waals surface area (Å²) in [5.41, 5.74) is 8.82. The Morgan fingerprint density at radius 3 is 3.00 bits per heavy atom. The lowest BCUT2D eigenvalue weighted by molar-refractivity contribution is 0.149. The number of benzene rings is 1. The number of allylic oxidation sites excluding steroid dienone is 2. The Labute approximate surface area is 177 Å². The van der Waals surface area contributed by atoms with Gasteiger partial charge in [-0.1, -0.05) is 50.6 Å². The van der Waals surface area contributed by atoms with E-state index in [1.807, 2.05) is 12.1 Å². The summed E-state index contributed by atoms with van der Waals surface area (Å²) in [4.78, 5) is 7.94. The van der Waals surface area contributed by atoms with Crippen LogP contribution in [-0.2, 0) is 0 Å². The molecule has 30 heavy (non-hydrogen) atoms. The molecule has 2 N–H and O–H groups in total. The molecule has 0 radical (unpaired) electrons. The number of aryl methyl sites for hydroxylation is 1. The van der Waals surface area contributed by atoms with E-state index in [0.29, 0.717) is 29.1 Å². The number of para-hydroxylation sites is 1. The smallest absolute Gasteiger partial charge is 0.265 e. The molecule has 1 saturated carbocycles. The predicted molar refractivity (Wildman–Crippen MR) is 123 cm³/mol. The summed E-state index contributed by atoms with van der Waals surface area (Å²) in [6, 6.07) is 6.15. The molecule has 0 spiro atoms. The van der Waals surface area contributed by atoms with E-state index in [-0.39, 0.29) is 0 Å². The van der Waals surface area contributed by atoms with Gasteiger partial charge in [-0.3, -0.25) is 0 Å². The van der Waals surface area contributed by atoms with E-state index >= 15 is 0 Å². The minimum atomic E-state index is 0.384. The van der Waals surface area contributed by atoms with Crippen molar-refractivity contribution in [1.82, 2.24) is 20.2 Å². The molecule has 0 unspecified atom stereocenters. The van der Waals surface area contributed by atoms with Crippen molar-refractivity contribution in [2.24, 2.45) is 28.3 Å². The van der Waals surface area contributed by atoms with Gasteiger partial charge in [0.05, 0.1) is 5.52 Å². The second kappa shape index (κ2) is 7.18. The van der Waals surface area contributed by atoms with Crippen molar-refractivity contribution in [3.63, 3.8) is 0 Å². The van der Waals surface area contributed by atoms with E-state index in [1.54, 1.807) is 5.57 Å². The third-order valence-corrected chi connectivity index (χ3v) is 7.27. The summed E-state index contributed by atoms with van der Waals surface area (Å²) < 4.78 is 0. The van der Waals surface area contributed by atoms with Crippen molar-refractivity contribution in [2.45, 2.75) is 53.4 Å².